The zero-order valence-electron chi connectivity index (χ0n) is 18.9. The number of nitrogens with one attached hydrogen (secondary N) is 1. The number of rotatable bonds is 12. The fourth-order valence-corrected chi connectivity index (χ4v) is 4.58. The summed E-state index contributed by atoms with van der Waals surface area (Å²) in [5, 5.41) is 18.3. The molecule has 1 atom stereocenters. The van der Waals surface area contributed by atoms with Crippen LogP contribution in [-0.4, -0.2) is 59.0 Å². The summed E-state index contributed by atoms with van der Waals surface area (Å²) in [6.45, 7) is 0. The number of carboxylic acids is 2. The monoisotopic (exact) mass is 495 g/mol. The predicted octanol–water partition coefficient (Wildman–Crippen LogP) is 2.31. The van der Waals surface area contributed by atoms with E-state index in [-0.39, 0.29) is 27.7 Å². The summed E-state index contributed by atoms with van der Waals surface area (Å²) < 4.78 is 50.0. The molecular weight excluding hydrogens is 470 g/mol. The quantitative estimate of drug-likeness (QED) is 0.373. The standard InChI is InChI=1S/C22H25NO10S/c1-30-16-7-6-14(11-17(16)31-2)15(12-21(26)27)23-34(28,29)19-10-13(5-8-20(24)25)9-18(32-3)22(19)33-4/h5-11,15,23H,12H2,1-4H3,(H,24,25)(H,26,27). The number of hydrogen-bond acceptors (Lipinski definition) is 8. The number of hydrogen-bond donors (Lipinski definition) is 3. The van der Waals surface area contributed by atoms with Crippen molar-refractivity contribution in [2.75, 3.05) is 28.4 Å². The smallest absolute Gasteiger partial charge is 0.328 e. The Labute approximate surface area is 196 Å². The molecule has 184 valence electrons. The lowest BCUT2D eigenvalue weighted by atomic mass is 10.0. The molecule has 0 amide bonds. The van der Waals surface area contributed by atoms with Gasteiger partial charge in [-0.1, -0.05) is 6.07 Å². The average Bonchev–Trinajstić information content (AvgIpc) is 2.80. The Balaban J connectivity index is 2.61. The van der Waals surface area contributed by atoms with Crippen molar-refractivity contribution in [1.29, 1.82) is 0 Å². The molecule has 2 rings (SSSR count). The van der Waals surface area contributed by atoms with Crippen LogP contribution in [0.1, 0.15) is 23.6 Å². The first-order chi connectivity index (χ1) is 16.1. The summed E-state index contributed by atoms with van der Waals surface area (Å²) in [5.74, 6) is -1.90. The van der Waals surface area contributed by atoms with E-state index in [1.54, 1.807) is 0 Å². The van der Waals surface area contributed by atoms with Crippen molar-refractivity contribution in [3.05, 3.63) is 47.5 Å². The summed E-state index contributed by atoms with van der Waals surface area (Å²) in [6, 6.07) is 5.92. The lowest BCUT2D eigenvalue weighted by Gasteiger charge is -2.21. The fraction of sp³-hybridized carbons (Fsp3) is 0.273. The first kappa shape index (κ1) is 26.5. The van der Waals surface area contributed by atoms with E-state index in [9.17, 15) is 23.1 Å². The van der Waals surface area contributed by atoms with Crippen LogP contribution in [-0.2, 0) is 19.6 Å². The van der Waals surface area contributed by atoms with Gasteiger partial charge in [0.05, 0.1) is 40.9 Å². The molecule has 0 fully saturated rings. The molecule has 0 heterocycles. The topological polar surface area (TPSA) is 158 Å². The SMILES string of the molecule is COc1ccc(C(CC(=O)O)NS(=O)(=O)c2cc(C=CC(=O)O)cc(OC)c2OC)cc1OC. The van der Waals surface area contributed by atoms with Crippen molar-refractivity contribution >= 4 is 28.0 Å². The highest BCUT2D eigenvalue weighted by molar-refractivity contribution is 7.89. The molecule has 0 saturated heterocycles. The number of carbonyl (C=O) groups is 2. The predicted molar refractivity (Wildman–Crippen MR) is 121 cm³/mol. The molecule has 0 bridgehead atoms. The molecule has 34 heavy (non-hydrogen) atoms. The third kappa shape index (κ3) is 6.39. The van der Waals surface area contributed by atoms with Crippen LogP contribution in [0, 0.1) is 0 Å². The third-order valence-electron chi connectivity index (χ3n) is 4.66. The molecule has 3 N–H and O–H groups in total. The minimum absolute atomic E-state index is 0.0383. The lowest BCUT2D eigenvalue weighted by Crippen LogP contribution is -2.30. The Morgan fingerprint density at radius 2 is 1.59 bits per heavy atom. The molecule has 12 heteroatoms. The van der Waals surface area contributed by atoms with Gasteiger partial charge in [-0.15, -0.1) is 0 Å². The largest absolute Gasteiger partial charge is 0.493 e. The van der Waals surface area contributed by atoms with Gasteiger partial charge in [0, 0.05) is 6.08 Å². The highest BCUT2D eigenvalue weighted by atomic mass is 32.2. The fourth-order valence-electron chi connectivity index (χ4n) is 3.14. The first-order valence-corrected chi connectivity index (χ1v) is 11.2. The van der Waals surface area contributed by atoms with Gasteiger partial charge in [0.1, 0.15) is 4.90 Å². The highest BCUT2D eigenvalue weighted by Gasteiger charge is 2.29. The van der Waals surface area contributed by atoms with Gasteiger partial charge in [-0.3, -0.25) is 4.79 Å². The summed E-state index contributed by atoms with van der Waals surface area (Å²) in [6.07, 6.45) is 1.45. The van der Waals surface area contributed by atoms with Crippen LogP contribution >= 0.6 is 0 Å². The molecule has 0 aromatic heterocycles. The highest BCUT2D eigenvalue weighted by Crippen LogP contribution is 2.37. The summed E-state index contributed by atoms with van der Waals surface area (Å²) >= 11 is 0. The van der Waals surface area contributed by atoms with Crippen LogP contribution in [0.3, 0.4) is 0 Å². The van der Waals surface area contributed by atoms with E-state index in [4.69, 9.17) is 24.1 Å². The normalized spacial score (nSPS) is 12.2. The van der Waals surface area contributed by atoms with E-state index < -0.39 is 34.4 Å². The van der Waals surface area contributed by atoms with Crippen molar-refractivity contribution in [2.24, 2.45) is 0 Å². The molecular formula is C22H25NO10S. The molecule has 2 aromatic rings. The second kappa shape index (κ2) is 11.4. The minimum Gasteiger partial charge on any atom is -0.493 e. The number of ether oxygens (including phenoxy) is 4. The number of carboxylic acid groups (broad SMARTS) is 2. The van der Waals surface area contributed by atoms with Crippen LogP contribution in [0.25, 0.3) is 6.08 Å². The number of methoxy groups -OCH3 is 4. The molecule has 0 spiro atoms. The van der Waals surface area contributed by atoms with Gasteiger partial charge >= 0.3 is 11.9 Å². The molecule has 0 aliphatic heterocycles. The molecule has 0 radical (unpaired) electrons. The first-order valence-electron chi connectivity index (χ1n) is 9.69. The van der Waals surface area contributed by atoms with E-state index in [2.05, 4.69) is 4.72 Å². The second-order valence-electron chi connectivity index (χ2n) is 6.81. The Morgan fingerprint density at radius 1 is 0.941 bits per heavy atom. The minimum atomic E-state index is -4.40. The summed E-state index contributed by atoms with van der Waals surface area (Å²) in [5.41, 5.74) is 0.526. The lowest BCUT2D eigenvalue weighted by molar-refractivity contribution is -0.137. The van der Waals surface area contributed by atoms with Gasteiger partial charge in [-0.2, -0.15) is 0 Å². The van der Waals surface area contributed by atoms with Crippen LogP contribution in [0.4, 0.5) is 0 Å². The van der Waals surface area contributed by atoms with Crippen molar-refractivity contribution in [3.63, 3.8) is 0 Å². The van der Waals surface area contributed by atoms with Crippen LogP contribution in [0.15, 0.2) is 41.3 Å². The Hall–Kier alpha value is -3.77. The maximum Gasteiger partial charge on any atom is 0.328 e. The molecule has 0 aliphatic carbocycles. The molecule has 11 nitrogen and oxygen atoms in total. The summed E-state index contributed by atoms with van der Waals surface area (Å²) in [4.78, 5) is 22.0. The maximum atomic E-state index is 13.4. The van der Waals surface area contributed by atoms with E-state index in [0.717, 1.165) is 6.08 Å². The van der Waals surface area contributed by atoms with Crippen LogP contribution < -0.4 is 23.7 Å². The van der Waals surface area contributed by atoms with Crippen molar-refractivity contribution in [1.82, 2.24) is 4.72 Å². The molecule has 2 aromatic carbocycles. The van der Waals surface area contributed by atoms with Gasteiger partial charge in [-0.05, 0) is 41.5 Å². The number of sulfonamides is 1. The Kier molecular flexibility index (Phi) is 8.87. The molecule has 0 saturated carbocycles. The number of aliphatic carboxylic acids is 2. The van der Waals surface area contributed by atoms with Crippen molar-refractivity contribution in [3.8, 4) is 23.0 Å². The van der Waals surface area contributed by atoms with E-state index in [1.807, 2.05) is 0 Å². The van der Waals surface area contributed by atoms with Gasteiger partial charge < -0.3 is 29.2 Å². The number of benzene rings is 2. The van der Waals surface area contributed by atoms with Gasteiger partial charge in [-0.25, -0.2) is 17.9 Å². The van der Waals surface area contributed by atoms with E-state index >= 15 is 0 Å². The Bertz CT molecular complexity index is 1190. The van der Waals surface area contributed by atoms with Crippen LogP contribution in [0.2, 0.25) is 0 Å². The Morgan fingerprint density at radius 3 is 2.12 bits per heavy atom. The van der Waals surface area contributed by atoms with Crippen molar-refractivity contribution in [2.45, 2.75) is 17.4 Å². The van der Waals surface area contributed by atoms with Gasteiger partial charge in [0.25, 0.3) is 0 Å². The molecule has 0 aliphatic rings. The summed E-state index contributed by atoms with van der Waals surface area (Å²) in [7, 11) is 0.966. The zero-order chi connectivity index (χ0) is 25.5. The van der Waals surface area contributed by atoms with E-state index in [1.165, 1.54) is 64.8 Å². The average molecular weight is 496 g/mol. The van der Waals surface area contributed by atoms with Crippen LogP contribution in [0.5, 0.6) is 23.0 Å². The van der Waals surface area contributed by atoms with Gasteiger partial charge in [0.15, 0.2) is 23.0 Å². The van der Waals surface area contributed by atoms with Crippen molar-refractivity contribution < 1.29 is 47.2 Å². The second-order valence-corrected chi connectivity index (χ2v) is 8.49. The van der Waals surface area contributed by atoms with E-state index in [0.29, 0.717) is 11.3 Å². The third-order valence-corrected chi connectivity index (χ3v) is 6.14. The van der Waals surface area contributed by atoms with Gasteiger partial charge in [0.2, 0.25) is 10.0 Å². The zero-order valence-corrected chi connectivity index (χ0v) is 19.7. The molecule has 1 unspecified atom stereocenters. The maximum absolute atomic E-state index is 13.4.